The van der Waals surface area contributed by atoms with Gasteiger partial charge in [-0.2, -0.15) is 0 Å². The van der Waals surface area contributed by atoms with Crippen molar-refractivity contribution in [3.05, 3.63) is 23.3 Å². The molecule has 0 atom stereocenters. The predicted molar refractivity (Wildman–Crippen MR) is 51.2 cm³/mol. The molecule has 0 amide bonds. The average Bonchev–Trinajstić information content (AvgIpc) is 2.74. The highest BCUT2D eigenvalue weighted by Crippen LogP contribution is 2.51. The summed E-state index contributed by atoms with van der Waals surface area (Å²) in [7, 11) is 0. The molecule has 0 aromatic heterocycles. The van der Waals surface area contributed by atoms with Gasteiger partial charge in [0.2, 0.25) is 0 Å². The standard InChI is InChI=1S/C11H16O2/c12-7-9-3-1-5-11(9)6-2-4-10(11)8-13/h3-4,12-13H,1-2,5-8H2. The lowest BCUT2D eigenvalue weighted by Gasteiger charge is -2.29. The number of hydrogen-bond donors (Lipinski definition) is 2. The first-order chi connectivity index (χ1) is 6.33. The van der Waals surface area contributed by atoms with E-state index in [-0.39, 0.29) is 18.6 Å². The van der Waals surface area contributed by atoms with Crippen molar-refractivity contribution < 1.29 is 10.2 Å². The van der Waals surface area contributed by atoms with Crippen molar-refractivity contribution >= 4 is 0 Å². The summed E-state index contributed by atoms with van der Waals surface area (Å²) in [4.78, 5) is 0. The molecule has 72 valence electrons. The number of allylic oxidation sites excluding steroid dienone is 2. The lowest BCUT2D eigenvalue weighted by Crippen LogP contribution is -2.23. The quantitative estimate of drug-likeness (QED) is 0.630. The average molecular weight is 180 g/mol. The summed E-state index contributed by atoms with van der Waals surface area (Å²) in [6.07, 6.45) is 8.52. The molecule has 2 aliphatic rings. The van der Waals surface area contributed by atoms with E-state index in [0.717, 1.165) is 36.8 Å². The summed E-state index contributed by atoms with van der Waals surface area (Å²) < 4.78 is 0. The van der Waals surface area contributed by atoms with E-state index in [1.165, 1.54) is 0 Å². The Morgan fingerprint density at radius 2 is 1.46 bits per heavy atom. The molecule has 0 saturated heterocycles. The maximum Gasteiger partial charge on any atom is 0.0650 e. The number of rotatable bonds is 2. The van der Waals surface area contributed by atoms with Crippen LogP contribution in [0.15, 0.2) is 23.3 Å². The summed E-state index contributed by atoms with van der Waals surface area (Å²) in [5.41, 5.74) is 2.30. The van der Waals surface area contributed by atoms with Gasteiger partial charge in [-0.3, -0.25) is 0 Å². The first-order valence-electron chi connectivity index (χ1n) is 4.94. The Labute approximate surface area is 78.6 Å². The lowest BCUT2D eigenvalue weighted by atomic mass is 9.75. The summed E-state index contributed by atoms with van der Waals surface area (Å²) in [6.45, 7) is 0.300. The van der Waals surface area contributed by atoms with Crippen LogP contribution in [0.4, 0.5) is 0 Å². The van der Waals surface area contributed by atoms with Gasteiger partial charge in [0.1, 0.15) is 0 Å². The molecule has 0 aliphatic heterocycles. The molecule has 13 heavy (non-hydrogen) atoms. The second kappa shape index (κ2) is 3.28. The summed E-state index contributed by atoms with van der Waals surface area (Å²) in [6, 6.07) is 0. The highest BCUT2D eigenvalue weighted by Gasteiger charge is 2.41. The third-order valence-corrected chi connectivity index (χ3v) is 3.49. The Morgan fingerprint density at radius 3 is 1.85 bits per heavy atom. The van der Waals surface area contributed by atoms with Crippen molar-refractivity contribution in [1.82, 2.24) is 0 Å². The van der Waals surface area contributed by atoms with Crippen molar-refractivity contribution in [1.29, 1.82) is 0 Å². The number of aliphatic hydroxyl groups is 2. The third kappa shape index (κ3) is 1.17. The Balaban J connectivity index is 2.30. The third-order valence-electron chi connectivity index (χ3n) is 3.49. The zero-order valence-electron chi connectivity index (χ0n) is 7.79. The molecule has 1 spiro atoms. The molecule has 0 saturated carbocycles. The molecule has 0 aromatic rings. The van der Waals surface area contributed by atoms with Crippen molar-refractivity contribution in [3.63, 3.8) is 0 Å². The van der Waals surface area contributed by atoms with Crippen LogP contribution >= 0.6 is 0 Å². The molecule has 2 heteroatoms. The monoisotopic (exact) mass is 180 g/mol. The van der Waals surface area contributed by atoms with Gasteiger partial charge in [-0.1, -0.05) is 12.2 Å². The van der Waals surface area contributed by atoms with Crippen LogP contribution in [0.3, 0.4) is 0 Å². The fraction of sp³-hybridized carbons (Fsp3) is 0.636. The summed E-state index contributed by atoms with van der Waals surface area (Å²) in [5, 5.41) is 18.5. The van der Waals surface area contributed by atoms with E-state index in [1.54, 1.807) is 0 Å². The highest BCUT2D eigenvalue weighted by molar-refractivity contribution is 5.37. The fourth-order valence-corrected chi connectivity index (χ4v) is 2.78. The van der Waals surface area contributed by atoms with Crippen LogP contribution in [-0.4, -0.2) is 23.4 Å². The van der Waals surface area contributed by atoms with Crippen LogP contribution in [0, 0.1) is 5.41 Å². The first-order valence-corrected chi connectivity index (χ1v) is 4.94. The molecule has 0 fully saturated rings. The molecular formula is C11H16O2. The lowest BCUT2D eigenvalue weighted by molar-refractivity contribution is 0.257. The van der Waals surface area contributed by atoms with Gasteiger partial charge in [-0.05, 0) is 36.8 Å². The van der Waals surface area contributed by atoms with E-state index < -0.39 is 0 Å². The van der Waals surface area contributed by atoms with Crippen LogP contribution in [0.25, 0.3) is 0 Å². The van der Waals surface area contributed by atoms with Gasteiger partial charge in [-0.15, -0.1) is 0 Å². The molecular weight excluding hydrogens is 164 g/mol. The summed E-state index contributed by atoms with van der Waals surface area (Å²) >= 11 is 0. The highest BCUT2D eigenvalue weighted by atomic mass is 16.3. The van der Waals surface area contributed by atoms with Crippen LogP contribution < -0.4 is 0 Å². The van der Waals surface area contributed by atoms with Crippen molar-refractivity contribution in [3.8, 4) is 0 Å². The maximum absolute atomic E-state index is 9.23. The van der Waals surface area contributed by atoms with Crippen molar-refractivity contribution in [2.45, 2.75) is 25.7 Å². The van der Waals surface area contributed by atoms with Gasteiger partial charge >= 0.3 is 0 Å². The molecule has 2 nitrogen and oxygen atoms in total. The van der Waals surface area contributed by atoms with Crippen molar-refractivity contribution in [2.75, 3.05) is 13.2 Å². The SMILES string of the molecule is OCC1=CCCC12CCC=C2CO. The maximum atomic E-state index is 9.23. The Kier molecular flexibility index (Phi) is 2.26. The summed E-state index contributed by atoms with van der Waals surface area (Å²) in [5.74, 6) is 0. The zero-order valence-corrected chi connectivity index (χ0v) is 7.79. The predicted octanol–water partition coefficient (Wildman–Crippen LogP) is 1.40. The largest absolute Gasteiger partial charge is 0.392 e. The smallest absolute Gasteiger partial charge is 0.0650 e. The minimum atomic E-state index is 0.0451. The zero-order chi connectivity index (χ0) is 9.31. The van der Waals surface area contributed by atoms with E-state index in [1.807, 2.05) is 0 Å². The Bertz CT molecular complexity index is 235. The minimum absolute atomic E-state index is 0.0451. The van der Waals surface area contributed by atoms with E-state index >= 15 is 0 Å². The Morgan fingerprint density at radius 1 is 1.00 bits per heavy atom. The molecule has 0 radical (unpaired) electrons. The topological polar surface area (TPSA) is 40.5 Å². The van der Waals surface area contributed by atoms with E-state index in [9.17, 15) is 10.2 Å². The van der Waals surface area contributed by atoms with Crippen LogP contribution in [0.2, 0.25) is 0 Å². The van der Waals surface area contributed by atoms with Gasteiger partial charge in [0.15, 0.2) is 0 Å². The first kappa shape index (κ1) is 8.97. The van der Waals surface area contributed by atoms with Gasteiger partial charge in [0.25, 0.3) is 0 Å². The van der Waals surface area contributed by atoms with Gasteiger partial charge in [-0.25, -0.2) is 0 Å². The number of hydrogen-bond acceptors (Lipinski definition) is 2. The van der Waals surface area contributed by atoms with E-state index in [2.05, 4.69) is 12.2 Å². The molecule has 2 rings (SSSR count). The second-order valence-electron chi connectivity index (χ2n) is 3.93. The fourth-order valence-electron chi connectivity index (χ4n) is 2.78. The molecule has 0 aromatic carbocycles. The van der Waals surface area contributed by atoms with Crippen LogP contribution in [-0.2, 0) is 0 Å². The Hall–Kier alpha value is -0.600. The van der Waals surface area contributed by atoms with Gasteiger partial charge < -0.3 is 10.2 Å². The van der Waals surface area contributed by atoms with E-state index in [0.29, 0.717) is 0 Å². The molecule has 2 aliphatic carbocycles. The van der Waals surface area contributed by atoms with E-state index in [4.69, 9.17) is 0 Å². The van der Waals surface area contributed by atoms with Gasteiger partial charge in [0.05, 0.1) is 13.2 Å². The van der Waals surface area contributed by atoms with Crippen LogP contribution in [0.5, 0.6) is 0 Å². The second-order valence-corrected chi connectivity index (χ2v) is 3.93. The van der Waals surface area contributed by atoms with Crippen molar-refractivity contribution in [2.24, 2.45) is 5.41 Å². The minimum Gasteiger partial charge on any atom is -0.392 e. The van der Waals surface area contributed by atoms with Gasteiger partial charge in [0, 0.05) is 5.41 Å². The normalized spacial score (nSPS) is 25.1. The molecule has 0 heterocycles. The number of aliphatic hydroxyl groups excluding tert-OH is 2. The van der Waals surface area contributed by atoms with Crippen LogP contribution in [0.1, 0.15) is 25.7 Å². The molecule has 2 N–H and O–H groups in total. The molecule has 0 unspecified atom stereocenters. The molecule has 0 bridgehead atoms.